The number of esters is 1. The summed E-state index contributed by atoms with van der Waals surface area (Å²) in [6.45, 7) is 2.60. The molecule has 0 spiro atoms. The first-order valence-corrected chi connectivity index (χ1v) is 13.6. The van der Waals surface area contributed by atoms with Crippen molar-refractivity contribution in [3.8, 4) is 0 Å². The lowest BCUT2D eigenvalue weighted by atomic mass is 9.95. The number of methoxy groups -OCH3 is 1. The number of nitrogens with zero attached hydrogens (tertiary/aromatic N) is 2. The van der Waals surface area contributed by atoms with Gasteiger partial charge in [-0.25, -0.2) is 4.79 Å². The van der Waals surface area contributed by atoms with Gasteiger partial charge in [-0.3, -0.25) is 4.90 Å². The van der Waals surface area contributed by atoms with Gasteiger partial charge in [0, 0.05) is 48.3 Å². The highest BCUT2D eigenvalue weighted by molar-refractivity contribution is 5.96. The van der Waals surface area contributed by atoms with Gasteiger partial charge in [-0.05, 0) is 66.3 Å². The highest BCUT2D eigenvalue weighted by Gasteiger charge is 2.35. The van der Waals surface area contributed by atoms with Crippen LogP contribution in [0.4, 0.5) is 5.69 Å². The third kappa shape index (κ3) is 4.94. The smallest absolute Gasteiger partial charge is 0.354 e. The van der Waals surface area contributed by atoms with Gasteiger partial charge in [0.2, 0.25) is 0 Å². The minimum Gasteiger partial charge on any atom is -0.464 e. The SMILES string of the molecule is COC(=O)c1cc2c(CCC(O)CN3CC4CC=CCC3CN4c3ccc4ccccc4c3)cccc2[nH]1. The Balaban J connectivity index is 1.13. The number of piperazine rings is 1. The van der Waals surface area contributed by atoms with Crippen molar-refractivity contribution in [2.75, 3.05) is 31.6 Å². The fourth-order valence-electron chi connectivity index (χ4n) is 6.18. The zero-order valence-electron chi connectivity index (χ0n) is 21.8. The van der Waals surface area contributed by atoms with E-state index in [4.69, 9.17) is 4.74 Å². The molecule has 1 fully saturated rings. The van der Waals surface area contributed by atoms with Crippen LogP contribution in [-0.4, -0.2) is 65.9 Å². The molecule has 2 N–H and O–H groups in total. The number of aliphatic hydroxyl groups excluding tert-OH is 1. The number of anilines is 1. The van der Waals surface area contributed by atoms with E-state index in [1.165, 1.54) is 23.6 Å². The summed E-state index contributed by atoms with van der Waals surface area (Å²) in [5, 5.41) is 14.7. The van der Waals surface area contributed by atoms with Crippen molar-refractivity contribution in [1.82, 2.24) is 9.88 Å². The predicted molar refractivity (Wildman–Crippen MR) is 153 cm³/mol. The average molecular weight is 510 g/mol. The first kappa shape index (κ1) is 24.7. The van der Waals surface area contributed by atoms with Gasteiger partial charge in [0.1, 0.15) is 5.69 Å². The minimum atomic E-state index is -0.414. The van der Waals surface area contributed by atoms with Crippen molar-refractivity contribution < 1.29 is 14.6 Å². The zero-order valence-corrected chi connectivity index (χ0v) is 21.8. The van der Waals surface area contributed by atoms with Crippen molar-refractivity contribution in [2.45, 2.75) is 43.9 Å². The number of aromatic amines is 1. The van der Waals surface area contributed by atoms with E-state index in [1.807, 2.05) is 18.2 Å². The fourth-order valence-corrected chi connectivity index (χ4v) is 6.18. The lowest BCUT2D eigenvalue weighted by Gasteiger charge is -2.49. The maximum atomic E-state index is 12.0. The summed E-state index contributed by atoms with van der Waals surface area (Å²) in [7, 11) is 1.39. The van der Waals surface area contributed by atoms with Crippen molar-refractivity contribution in [1.29, 1.82) is 0 Å². The average Bonchev–Trinajstić information content (AvgIpc) is 3.37. The minimum absolute atomic E-state index is 0.369. The summed E-state index contributed by atoms with van der Waals surface area (Å²) in [5.41, 5.74) is 3.79. The van der Waals surface area contributed by atoms with Crippen LogP contribution in [0, 0.1) is 0 Å². The van der Waals surface area contributed by atoms with Gasteiger partial charge in [-0.15, -0.1) is 0 Å². The van der Waals surface area contributed by atoms with Gasteiger partial charge in [0.15, 0.2) is 0 Å². The van der Waals surface area contributed by atoms with Crippen LogP contribution in [0.5, 0.6) is 0 Å². The number of carbonyl (C=O) groups excluding carboxylic acids is 1. The molecule has 3 unspecified atom stereocenters. The maximum absolute atomic E-state index is 12.0. The molecule has 0 radical (unpaired) electrons. The highest BCUT2D eigenvalue weighted by Crippen LogP contribution is 2.31. The standard InChI is InChI=1S/C32H35N3O3/c1-38-32(37)31-18-29-23(9-6-12-30(29)33-31)14-16-28(36)21-34-19-27-11-5-4-10-26(34)20-35(27)25-15-13-22-7-2-3-8-24(22)17-25/h2-9,12-13,15,17-18,26-28,33,36H,10-11,14,16,19-21H2,1H3. The molecule has 3 aliphatic rings. The molecule has 196 valence electrons. The second-order valence-corrected chi connectivity index (χ2v) is 10.6. The molecule has 7 rings (SSSR count). The molecule has 3 atom stereocenters. The highest BCUT2D eigenvalue weighted by atomic mass is 16.5. The number of carbonyl (C=O) groups is 1. The molecule has 4 heterocycles. The van der Waals surface area contributed by atoms with E-state index in [2.05, 4.69) is 75.5 Å². The van der Waals surface area contributed by atoms with Gasteiger partial charge in [-0.2, -0.15) is 0 Å². The molecule has 38 heavy (non-hydrogen) atoms. The summed E-state index contributed by atoms with van der Waals surface area (Å²) >= 11 is 0. The summed E-state index contributed by atoms with van der Waals surface area (Å²) in [4.78, 5) is 20.2. The Morgan fingerprint density at radius 1 is 1.00 bits per heavy atom. The van der Waals surface area contributed by atoms with Gasteiger partial charge in [0.05, 0.1) is 13.2 Å². The van der Waals surface area contributed by atoms with Crippen molar-refractivity contribution in [2.24, 2.45) is 0 Å². The van der Waals surface area contributed by atoms with Crippen LogP contribution < -0.4 is 4.90 Å². The number of H-pyrrole nitrogens is 1. The van der Waals surface area contributed by atoms with Crippen LogP contribution in [0.2, 0.25) is 0 Å². The molecule has 0 aliphatic carbocycles. The predicted octanol–water partition coefficient (Wildman–Crippen LogP) is 5.31. The summed E-state index contributed by atoms with van der Waals surface area (Å²) in [5.74, 6) is -0.369. The number of benzene rings is 3. The number of ether oxygens (including phenoxy) is 1. The van der Waals surface area contributed by atoms with Gasteiger partial charge in [-0.1, -0.05) is 54.6 Å². The molecule has 1 saturated heterocycles. The quantitative estimate of drug-likeness (QED) is 0.261. The van der Waals surface area contributed by atoms with E-state index in [0.717, 1.165) is 48.8 Å². The second kappa shape index (κ2) is 10.6. The molecule has 6 nitrogen and oxygen atoms in total. The Morgan fingerprint density at radius 3 is 2.66 bits per heavy atom. The van der Waals surface area contributed by atoms with Crippen LogP contribution >= 0.6 is 0 Å². The zero-order chi connectivity index (χ0) is 26.1. The molecule has 3 aliphatic heterocycles. The topological polar surface area (TPSA) is 68.8 Å². The number of aliphatic hydroxyl groups is 1. The maximum Gasteiger partial charge on any atom is 0.354 e. The van der Waals surface area contributed by atoms with E-state index in [9.17, 15) is 9.90 Å². The monoisotopic (exact) mass is 509 g/mol. The molecule has 3 aromatic carbocycles. The molecule has 2 bridgehead atoms. The summed E-state index contributed by atoms with van der Waals surface area (Å²) in [6.07, 6.45) is 7.69. The summed E-state index contributed by atoms with van der Waals surface area (Å²) < 4.78 is 4.86. The Morgan fingerprint density at radius 2 is 1.82 bits per heavy atom. The fraction of sp³-hybridized carbons (Fsp3) is 0.344. The Bertz CT molecular complexity index is 1480. The molecular formula is C32H35N3O3. The molecule has 1 aromatic heterocycles. The van der Waals surface area contributed by atoms with Gasteiger partial charge in [0.25, 0.3) is 0 Å². The van der Waals surface area contributed by atoms with Crippen LogP contribution in [0.25, 0.3) is 21.7 Å². The van der Waals surface area contributed by atoms with E-state index < -0.39 is 6.10 Å². The number of rotatable bonds is 7. The van der Waals surface area contributed by atoms with Crippen LogP contribution in [0.1, 0.15) is 35.3 Å². The number of hydrogen-bond donors (Lipinski definition) is 2. The normalized spacial score (nSPS) is 20.5. The van der Waals surface area contributed by atoms with Gasteiger partial charge >= 0.3 is 5.97 Å². The molecular weight excluding hydrogens is 474 g/mol. The van der Waals surface area contributed by atoms with E-state index in [-0.39, 0.29) is 5.97 Å². The Kier molecular flexibility index (Phi) is 6.92. The van der Waals surface area contributed by atoms with Gasteiger partial charge < -0.3 is 19.7 Å². The van der Waals surface area contributed by atoms with Crippen LogP contribution in [-0.2, 0) is 11.2 Å². The third-order valence-electron chi connectivity index (χ3n) is 8.21. The molecule has 0 amide bonds. The van der Waals surface area contributed by atoms with Crippen molar-refractivity contribution in [3.05, 3.63) is 90.1 Å². The van der Waals surface area contributed by atoms with Crippen molar-refractivity contribution >= 4 is 33.3 Å². The largest absolute Gasteiger partial charge is 0.464 e. The second-order valence-electron chi connectivity index (χ2n) is 10.6. The first-order valence-electron chi connectivity index (χ1n) is 13.6. The molecule has 0 saturated carbocycles. The molecule has 6 heteroatoms. The van der Waals surface area contributed by atoms with Crippen LogP contribution in [0.15, 0.2) is 78.9 Å². The number of hydrogen-bond acceptors (Lipinski definition) is 5. The number of fused-ring (bicyclic) bond motifs is 6. The Hall–Kier alpha value is -3.61. The van der Waals surface area contributed by atoms with E-state index in [0.29, 0.717) is 30.7 Å². The number of nitrogens with one attached hydrogen (secondary N) is 1. The lowest BCUT2D eigenvalue weighted by Crippen LogP contribution is -2.60. The van der Waals surface area contributed by atoms with Crippen LogP contribution in [0.3, 0.4) is 0 Å². The molecule has 4 aromatic rings. The van der Waals surface area contributed by atoms with E-state index in [1.54, 1.807) is 0 Å². The Labute approximate surface area is 223 Å². The third-order valence-corrected chi connectivity index (χ3v) is 8.21. The lowest BCUT2D eigenvalue weighted by molar-refractivity contribution is 0.0595. The number of aromatic nitrogens is 1. The van der Waals surface area contributed by atoms with E-state index >= 15 is 0 Å². The van der Waals surface area contributed by atoms with Crippen molar-refractivity contribution in [3.63, 3.8) is 0 Å². The first-order chi connectivity index (χ1) is 18.6. The number of aryl methyl sites for hydroxylation is 1. The summed E-state index contributed by atoms with van der Waals surface area (Å²) in [6, 6.07) is 24.0.